The van der Waals surface area contributed by atoms with Gasteiger partial charge in [-0.15, -0.1) is 0 Å². The quantitative estimate of drug-likeness (QED) is 0.871. The molecule has 2 N–H and O–H groups in total. The molecule has 0 amide bonds. The number of morpholine rings is 1. The van der Waals surface area contributed by atoms with Crippen LogP contribution >= 0.6 is 0 Å². The van der Waals surface area contributed by atoms with E-state index < -0.39 is 0 Å². The maximum atomic E-state index is 5.44. The van der Waals surface area contributed by atoms with Crippen LogP contribution in [0.4, 0.5) is 5.82 Å². The molecule has 2 atom stereocenters. The van der Waals surface area contributed by atoms with Gasteiger partial charge in [-0.3, -0.25) is 5.43 Å². The molecule has 2 fully saturated rings. The molecule has 26 heavy (non-hydrogen) atoms. The fraction of sp³-hybridized carbons (Fsp3) is 0.722. The van der Waals surface area contributed by atoms with Crippen LogP contribution < -0.4 is 5.43 Å². The minimum atomic E-state index is -0.187. The van der Waals surface area contributed by atoms with Gasteiger partial charge < -0.3 is 9.72 Å². The standard InChI is InChI=1S/C18H27N7O/c1-18(16-15-6-7-19-17(15)20-12-25(16)23-22-18)13-2-4-14(5-3-13)21-24-8-10-26-11-9-24/h6-7,12-14,16,19,21H,2-5,8-11H2,1H3. The van der Waals surface area contributed by atoms with Crippen LogP contribution in [-0.4, -0.2) is 59.2 Å². The summed E-state index contributed by atoms with van der Waals surface area (Å²) in [5, 5.41) is 13.5. The van der Waals surface area contributed by atoms with Crippen LogP contribution in [0.2, 0.25) is 0 Å². The highest BCUT2D eigenvalue weighted by Crippen LogP contribution is 2.51. The van der Waals surface area contributed by atoms with Crippen molar-refractivity contribution < 1.29 is 4.74 Å². The third kappa shape index (κ3) is 2.67. The van der Waals surface area contributed by atoms with Crippen molar-refractivity contribution in [1.82, 2.24) is 20.4 Å². The van der Waals surface area contributed by atoms with Crippen molar-refractivity contribution >= 4 is 12.2 Å². The molecule has 5 rings (SSSR count). The van der Waals surface area contributed by atoms with Gasteiger partial charge in [-0.2, -0.15) is 5.11 Å². The van der Waals surface area contributed by atoms with E-state index in [2.05, 4.69) is 38.6 Å². The summed E-state index contributed by atoms with van der Waals surface area (Å²) in [4.78, 5) is 7.68. The number of hydrogen-bond donors (Lipinski definition) is 2. The third-order valence-corrected chi connectivity index (χ3v) is 6.47. The van der Waals surface area contributed by atoms with Crippen molar-refractivity contribution in [3.05, 3.63) is 17.8 Å². The van der Waals surface area contributed by atoms with Gasteiger partial charge in [0.25, 0.3) is 0 Å². The van der Waals surface area contributed by atoms with E-state index in [0.717, 1.165) is 32.1 Å². The van der Waals surface area contributed by atoms with E-state index in [1.54, 1.807) is 0 Å². The Balaban J connectivity index is 1.26. The lowest BCUT2D eigenvalue weighted by Crippen LogP contribution is -2.52. The second-order valence-electron chi connectivity index (χ2n) is 8.00. The van der Waals surface area contributed by atoms with Crippen molar-refractivity contribution in [2.45, 2.75) is 50.2 Å². The zero-order valence-electron chi connectivity index (χ0n) is 15.3. The topological polar surface area (TPSA) is 80.6 Å². The molecule has 4 heterocycles. The molecule has 1 aromatic rings. The van der Waals surface area contributed by atoms with Crippen LogP contribution in [0.15, 0.2) is 27.6 Å². The molecule has 3 aliphatic heterocycles. The molecule has 2 unspecified atom stereocenters. The average Bonchev–Trinajstić information content (AvgIpc) is 3.28. The molecular formula is C18H27N7O. The minimum Gasteiger partial charge on any atom is -0.379 e. The monoisotopic (exact) mass is 357 g/mol. The number of nitrogens with zero attached hydrogens (tertiary/aromatic N) is 5. The summed E-state index contributed by atoms with van der Waals surface area (Å²) >= 11 is 0. The number of aromatic nitrogens is 1. The van der Waals surface area contributed by atoms with Gasteiger partial charge in [0.1, 0.15) is 23.7 Å². The molecule has 0 radical (unpaired) electrons. The summed E-state index contributed by atoms with van der Waals surface area (Å²) in [6.07, 6.45) is 8.51. The lowest BCUT2D eigenvalue weighted by Gasteiger charge is -2.42. The molecule has 1 saturated heterocycles. The van der Waals surface area contributed by atoms with E-state index in [1.807, 2.05) is 17.5 Å². The molecular weight excluding hydrogens is 330 g/mol. The van der Waals surface area contributed by atoms with Gasteiger partial charge in [0.15, 0.2) is 0 Å². The van der Waals surface area contributed by atoms with Crippen molar-refractivity contribution in [1.29, 1.82) is 0 Å². The second-order valence-corrected chi connectivity index (χ2v) is 8.00. The summed E-state index contributed by atoms with van der Waals surface area (Å²) in [5.41, 5.74) is 4.74. The summed E-state index contributed by atoms with van der Waals surface area (Å²) < 4.78 is 5.44. The van der Waals surface area contributed by atoms with Gasteiger partial charge in [-0.25, -0.2) is 15.0 Å². The maximum Gasteiger partial charge on any atom is 0.137 e. The number of hydrazine groups is 1. The van der Waals surface area contributed by atoms with E-state index in [4.69, 9.17) is 9.85 Å². The predicted molar refractivity (Wildman–Crippen MR) is 98.1 cm³/mol. The molecule has 140 valence electrons. The van der Waals surface area contributed by atoms with Crippen LogP contribution in [0, 0.1) is 5.92 Å². The molecule has 0 bridgehead atoms. The van der Waals surface area contributed by atoms with E-state index >= 15 is 0 Å². The van der Waals surface area contributed by atoms with Crippen molar-refractivity contribution in [2.24, 2.45) is 21.2 Å². The fourth-order valence-corrected chi connectivity index (χ4v) is 4.95. The van der Waals surface area contributed by atoms with Gasteiger partial charge >= 0.3 is 0 Å². The summed E-state index contributed by atoms with van der Waals surface area (Å²) in [7, 11) is 0. The Bertz CT molecular complexity index is 702. The predicted octanol–water partition coefficient (Wildman–Crippen LogP) is 2.57. The maximum absolute atomic E-state index is 5.44. The Morgan fingerprint density at radius 3 is 2.85 bits per heavy atom. The fourth-order valence-electron chi connectivity index (χ4n) is 4.95. The first-order valence-corrected chi connectivity index (χ1v) is 9.75. The molecule has 8 heteroatoms. The number of fused-ring (bicyclic) bond motifs is 3. The lowest BCUT2D eigenvalue weighted by atomic mass is 9.70. The van der Waals surface area contributed by atoms with Gasteiger partial charge in [0, 0.05) is 30.9 Å². The smallest absolute Gasteiger partial charge is 0.137 e. The first-order valence-electron chi connectivity index (χ1n) is 9.75. The summed E-state index contributed by atoms with van der Waals surface area (Å²) in [5.74, 6) is 1.49. The summed E-state index contributed by atoms with van der Waals surface area (Å²) in [6, 6.07) is 2.86. The zero-order valence-corrected chi connectivity index (χ0v) is 15.3. The number of hydrogen-bond acceptors (Lipinski definition) is 7. The van der Waals surface area contributed by atoms with Crippen LogP contribution in [0.1, 0.15) is 44.2 Å². The van der Waals surface area contributed by atoms with Crippen molar-refractivity contribution in [3.8, 4) is 0 Å². The Morgan fingerprint density at radius 2 is 2.04 bits per heavy atom. The minimum absolute atomic E-state index is 0.162. The van der Waals surface area contributed by atoms with Gasteiger partial charge in [0.05, 0.1) is 13.2 Å². The first-order chi connectivity index (χ1) is 12.7. The molecule has 0 aromatic carbocycles. The normalized spacial score (nSPS) is 37.0. The van der Waals surface area contributed by atoms with Crippen LogP contribution in [0.5, 0.6) is 0 Å². The zero-order chi connectivity index (χ0) is 17.6. The highest BCUT2D eigenvalue weighted by atomic mass is 16.5. The van der Waals surface area contributed by atoms with E-state index in [-0.39, 0.29) is 11.6 Å². The average molecular weight is 357 g/mol. The number of aromatic amines is 1. The molecule has 8 nitrogen and oxygen atoms in total. The van der Waals surface area contributed by atoms with E-state index in [9.17, 15) is 0 Å². The van der Waals surface area contributed by atoms with Crippen LogP contribution in [-0.2, 0) is 4.74 Å². The Hall–Kier alpha value is -1.77. The first kappa shape index (κ1) is 16.4. The van der Waals surface area contributed by atoms with Gasteiger partial charge in [-0.1, -0.05) is 5.22 Å². The molecule has 1 aliphatic carbocycles. The molecule has 1 saturated carbocycles. The van der Waals surface area contributed by atoms with Crippen LogP contribution in [0.25, 0.3) is 0 Å². The Morgan fingerprint density at radius 1 is 1.23 bits per heavy atom. The Kier molecular flexibility index (Phi) is 4.06. The van der Waals surface area contributed by atoms with Gasteiger partial charge in [-0.05, 0) is 44.6 Å². The SMILES string of the molecule is CC1(C2CCC(NN3CCOCC3)CC2)N=NN2C=Nc3[nH]ccc3C21. The largest absolute Gasteiger partial charge is 0.379 e. The van der Waals surface area contributed by atoms with Crippen molar-refractivity contribution in [2.75, 3.05) is 26.3 Å². The summed E-state index contributed by atoms with van der Waals surface area (Å²) in [6.45, 7) is 5.91. The molecule has 0 spiro atoms. The molecule has 4 aliphatic rings. The number of rotatable bonds is 3. The van der Waals surface area contributed by atoms with Crippen LogP contribution in [0.3, 0.4) is 0 Å². The molecule has 1 aromatic heterocycles. The van der Waals surface area contributed by atoms with E-state index in [0.29, 0.717) is 12.0 Å². The lowest BCUT2D eigenvalue weighted by molar-refractivity contribution is -0.00296. The Labute approximate surface area is 153 Å². The van der Waals surface area contributed by atoms with Gasteiger partial charge in [0.2, 0.25) is 0 Å². The van der Waals surface area contributed by atoms with E-state index in [1.165, 1.54) is 31.2 Å². The highest BCUT2D eigenvalue weighted by molar-refractivity contribution is 5.67. The number of H-pyrrole nitrogens is 1. The third-order valence-electron chi connectivity index (χ3n) is 6.47. The highest BCUT2D eigenvalue weighted by Gasteiger charge is 2.51. The van der Waals surface area contributed by atoms with Crippen molar-refractivity contribution in [3.63, 3.8) is 0 Å². The number of nitrogens with one attached hydrogen (secondary N) is 2. The second kappa shape index (κ2) is 6.44. The number of aliphatic imine (C=N–C) groups is 1. The number of ether oxygens (including phenoxy) is 1.